The summed E-state index contributed by atoms with van der Waals surface area (Å²) in [6.45, 7) is 4.61. The average molecular weight is 315 g/mol. The Balaban J connectivity index is 1.40. The maximum absolute atomic E-state index is 12.2. The first kappa shape index (κ1) is 14.6. The molecule has 0 radical (unpaired) electrons. The van der Waals surface area contributed by atoms with Crippen molar-refractivity contribution in [3.05, 3.63) is 39.9 Å². The van der Waals surface area contributed by atoms with Gasteiger partial charge in [-0.05, 0) is 38.2 Å². The second kappa shape index (κ2) is 5.88. The van der Waals surface area contributed by atoms with Crippen molar-refractivity contribution < 1.29 is 4.52 Å². The molecule has 2 aromatic rings. The minimum atomic E-state index is 0.0362. The lowest BCUT2D eigenvalue weighted by atomic mass is 9.96. The normalized spacial score (nSPS) is 20.0. The molecular formula is C16H21N5O2. The Hall–Kier alpha value is -2.02. The number of fused-ring (bicyclic) bond motifs is 1. The number of nitrogens with zero attached hydrogens (tertiary/aromatic N) is 5. The van der Waals surface area contributed by atoms with Crippen LogP contribution in [0.3, 0.4) is 0 Å². The summed E-state index contributed by atoms with van der Waals surface area (Å²) in [7, 11) is 0. The van der Waals surface area contributed by atoms with Crippen LogP contribution in [0, 0.1) is 5.92 Å². The standard InChI is InChI=1S/C16H21N5O2/c1-11(16-17-10-18-23-16)20-7-12(8-20)9-21-15(22)6-13-4-2-3-5-14(13)19-21/h6,10-12H,2-5,7-9H2,1H3. The van der Waals surface area contributed by atoms with Crippen LogP contribution in [-0.4, -0.2) is 37.9 Å². The van der Waals surface area contributed by atoms with E-state index in [2.05, 4.69) is 27.1 Å². The lowest BCUT2D eigenvalue weighted by Crippen LogP contribution is -2.50. The van der Waals surface area contributed by atoms with E-state index >= 15 is 0 Å². The zero-order valence-corrected chi connectivity index (χ0v) is 13.3. The Morgan fingerprint density at radius 2 is 2.17 bits per heavy atom. The summed E-state index contributed by atoms with van der Waals surface area (Å²) in [4.78, 5) is 18.6. The fourth-order valence-electron chi connectivity index (χ4n) is 3.54. The van der Waals surface area contributed by atoms with Gasteiger partial charge in [-0.25, -0.2) is 4.68 Å². The molecule has 3 heterocycles. The summed E-state index contributed by atoms with van der Waals surface area (Å²) in [5, 5.41) is 8.25. The van der Waals surface area contributed by atoms with Crippen LogP contribution in [0.5, 0.6) is 0 Å². The van der Waals surface area contributed by atoms with E-state index in [1.807, 2.05) is 0 Å². The van der Waals surface area contributed by atoms with Gasteiger partial charge in [0.1, 0.15) is 0 Å². The molecule has 1 saturated heterocycles. The topological polar surface area (TPSA) is 77.1 Å². The van der Waals surface area contributed by atoms with E-state index in [4.69, 9.17) is 4.52 Å². The van der Waals surface area contributed by atoms with Crippen molar-refractivity contribution in [1.82, 2.24) is 24.8 Å². The molecule has 0 bridgehead atoms. The minimum Gasteiger partial charge on any atom is -0.338 e. The van der Waals surface area contributed by atoms with Gasteiger partial charge in [0, 0.05) is 25.1 Å². The van der Waals surface area contributed by atoms with Crippen LogP contribution < -0.4 is 5.56 Å². The second-order valence-electron chi connectivity index (χ2n) is 6.62. The molecular weight excluding hydrogens is 294 g/mol. The summed E-state index contributed by atoms with van der Waals surface area (Å²) < 4.78 is 6.77. The summed E-state index contributed by atoms with van der Waals surface area (Å²) in [6.07, 6.45) is 5.78. The van der Waals surface area contributed by atoms with Gasteiger partial charge in [0.2, 0.25) is 5.89 Å². The molecule has 7 nitrogen and oxygen atoms in total. The first-order chi connectivity index (χ1) is 11.2. The van der Waals surface area contributed by atoms with Gasteiger partial charge < -0.3 is 4.52 Å². The maximum atomic E-state index is 12.2. The molecule has 23 heavy (non-hydrogen) atoms. The number of aryl methyl sites for hydroxylation is 2. The van der Waals surface area contributed by atoms with Crippen molar-refractivity contribution in [2.75, 3.05) is 13.1 Å². The lowest BCUT2D eigenvalue weighted by molar-refractivity contribution is 0.0338. The average Bonchev–Trinajstić information content (AvgIpc) is 3.04. The fourth-order valence-corrected chi connectivity index (χ4v) is 3.54. The number of hydrogen-bond donors (Lipinski definition) is 0. The zero-order valence-electron chi connectivity index (χ0n) is 13.3. The number of likely N-dealkylation sites (tertiary alicyclic amines) is 1. The van der Waals surface area contributed by atoms with Gasteiger partial charge >= 0.3 is 0 Å². The molecule has 1 unspecified atom stereocenters. The highest BCUT2D eigenvalue weighted by Gasteiger charge is 2.33. The van der Waals surface area contributed by atoms with Crippen molar-refractivity contribution >= 4 is 0 Å². The van der Waals surface area contributed by atoms with Crippen molar-refractivity contribution in [1.29, 1.82) is 0 Å². The minimum absolute atomic E-state index is 0.0362. The fraction of sp³-hybridized carbons (Fsp3) is 0.625. The zero-order chi connectivity index (χ0) is 15.8. The molecule has 122 valence electrons. The third-order valence-electron chi connectivity index (χ3n) is 4.97. The predicted molar refractivity (Wildman–Crippen MR) is 82.9 cm³/mol. The van der Waals surface area contributed by atoms with Crippen molar-refractivity contribution in [2.45, 2.75) is 45.2 Å². The van der Waals surface area contributed by atoms with Crippen LogP contribution in [0.1, 0.15) is 43.0 Å². The molecule has 1 fully saturated rings. The number of aromatic nitrogens is 4. The highest BCUT2D eigenvalue weighted by Crippen LogP contribution is 2.27. The molecule has 4 rings (SSSR count). The SMILES string of the molecule is CC(c1ncno1)N1CC(Cn2nc3c(cc2=O)CCCC3)C1. The maximum Gasteiger partial charge on any atom is 0.267 e. The Morgan fingerprint density at radius 1 is 1.35 bits per heavy atom. The molecule has 0 N–H and O–H groups in total. The van der Waals surface area contributed by atoms with Crippen LogP contribution in [0.15, 0.2) is 21.7 Å². The molecule has 1 atom stereocenters. The molecule has 0 aromatic carbocycles. The second-order valence-corrected chi connectivity index (χ2v) is 6.62. The Bertz CT molecular complexity index is 733. The molecule has 0 amide bonds. The van der Waals surface area contributed by atoms with Crippen molar-refractivity contribution in [3.8, 4) is 0 Å². The smallest absolute Gasteiger partial charge is 0.267 e. The van der Waals surface area contributed by atoms with Gasteiger partial charge in [-0.15, -0.1) is 0 Å². The van der Waals surface area contributed by atoms with Crippen molar-refractivity contribution in [3.63, 3.8) is 0 Å². The third kappa shape index (κ3) is 2.81. The van der Waals surface area contributed by atoms with E-state index < -0.39 is 0 Å². The highest BCUT2D eigenvalue weighted by molar-refractivity contribution is 5.20. The van der Waals surface area contributed by atoms with Gasteiger partial charge in [-0.2, -0.15) is 10.1 Å². The van der Waals surface area contributed by atoms with E-state index in [1.54, 1.807) is 10.7 Å². The Labute approximate surface area is 134 Å². The highest BCUT2D eigenvalue weighted by atomic mass is 16.5. The van der Waals surface area contributed by atoms with Gasteiger partial charge in [0.05, 0.1) is 18.3 Å². The molecule has 0 saturated carbocycles. The number of rotatable bonds is 4. The largest absolute Gasteiger partial charge is 0.338 e. The first-order valence-corrected chi connectivity index (χ1v) is 8.31. The molecule has 1 aliphatic carbocycles. The van der Waals surface area contributed by atoms with Gasteiger partial charge in [0.25, 0.3) is 5.56 Å². The van der Waals surface area contributed by atoms with Crippen LogP contribution >= 0.6 is 0 Å². The van der Waals surface area contributed by atoms with Gasteiger partial charge in [-0.1, -0.05) is 5.16 Å². The van der Waals surface area contributed by atoms with E-state index in [1.165, 1.54) is 19.2 Å². The molecule has 0 spiro atoms. The van der Waals surface area contributed by atoms with Crippen LogP contribution in [0.2, 0.25) is 0 Å². The van der Waals surface area contributed by atoms with Gasteiger partial charge in [-0.3, -0.25) is 9.69 Å². The van der Waals surface area contributed by atoms with E-state index in [0.29, 0.717) is 18.4 Å². The predicted octanol–water partition coefficient (Wildman–Crippen LogP) is 1.20. The number of hydrogen-bond acceptors (Lipinski definition) is 6. The third-order valence-corrected chi connectivity index (χ3v) is 4.97. The van der Waals surface area contributed by atoms with E-state index in [-0.39, 0.29) is 11.6 Å². The lowest BCUT2D eigenvalue weighted by Gasteiger charge is -2.41. The van der Waals surface area contributed by atoms with Crippen LogP contribution in [0.25, 0.3) is 0 Å². The van der Waals surface area contributed by atoms with Gasteiger partial charge in [0.15, 0.2) is 6.33 Å². The van der Waals surface area contributed by atoms with E-state index in [0.717, 1.165) is 37.2 Å². The summed E-state index contributed by atoms with van der Waals surface area (Å²) in [5.74, 6) is 1.10. The monoisotopic (exact) mass is 315 g/mol. The van der Waals surface area contributed by atoms with Crippen molar-refractivity contribution in [2.24, 2.45) is 5.92 Å². The molecule has 1 aliphatic heterocycles. The summed E-state index contributed by atoms with van der Waals surface area (Å²) >= 11 is 0. The first-order valence-electron chi connectivity index (χ1n) is 8.31. The molecule has 2 aliphatic rings. The van der Waals surface area contributed by atoms with Crippen LogP contribution in [0.4, 0.5) is 0 Å². The molecule has 7 heteroatoms. The molecule has 2 aromatic heterocycles. The van der Waals surface area contributed by atoms with Crippen LogP contribution in [-0.2, 0) is 19.4 Å². The van der Waals surface area contributed by atoms with E-state index in [9.17, 15) is 4.79 Å². The summed E-state index contributed by atoms with van der Waals surface area (Å²) in [6, 6.07) is 1.92. The summed E-state index contributed by atoms with van der Waals surface area (Å²) in [5.41, 5.74) is 2.30. The Kier molecular flexibility index (Phi) is 3.72. The Morgan fingerprint density at radius 3 is 2.96 bits per heavy atom. The quantitative estimate of drug-likeness (QED) is 0.844.